The summed E-state index contributed by atoms with van der Waals surface area (Å²) >= 11 is 0. The first-order valence-corrected chi connectivity index (χ1v) is 15.0. The highest BCUT2D eigenvalue weighted by Gasteiger charge is 2.49. The fourth-order valence-electron chi connectivity index (χ4n) is 6.34. The fraction of sp³-hybridized carbons (Fsp3) is 0.343. The van der Waals surface area contributed by atoms with Crippen LogP contribution in [0, 0.1) is 5.41 Å². The molecule has 0 radical (unpaired) electrons. The van der Waals surface area contributed by atoms with Crippen LogP contribution in [0.4, 0.5) is 5.69 Å². The van der Waals surface area contributed by atoms with Gasteiger partial charge in [-0.15, -0.1) is 0 Å². The van der Waals surface area contributed by atoms with Crippen LogP contribution in [0.25, 0.3) is 10.9 Å². The van der Waals surface area contributed by atoms with Crippen molar-refractivity contribution in [1.29, 1.82) is 0 Å². The monoisotopic (exact) mass is 627 g/mol. The molecule has 2 aliphatic heterocycles. The number of carbonyl (C=O) groups excluding carboxylic acids is 2. The number of benzene rings is 2. The summed E-state index contributed by atoms with van der Waals surface area (Å²) in [7, 11) is 3.16. The van der Waals surface area contributed by atoms with Crippen LogP contribution in [0.2, 0.25) is 0 Å². The molecule has 3 aliphatic rings. The lowest BCUT2D eigenvalue weighted by Crippen LogP contribution is -2.56. The Morgan fingerprint density at radius 1 is 1.13 bits per heavy atom. The molecule has 2 amide bonds. The molecule has 3 heterocycles. The van der Waals surface area contributed by atoms with Gasteiger partial charge in [0.05, 0.1) is 44.6 Å². The Morgan fingerprint density at radius 3 is 2.61 bits per heavy atom. The number of ether oxygens (including phenoxy) is 4. The van der Waals surface area contributed by atoms with E-state index in [1.54, 1.807) is 43.6 Å². The Kier molecular flexibility index (Phi) is 7.79. The number of aromatic nitrogens is 1. The van der Waals surface area contributed by atoms with Crippen LogP contribution in [0.1, 0.15) is 56.1 Å². The zero-order valence-electron chi connectivity index (χ0n) is 26.6. The van der Waals surface area contributed by atoms with Gasteiger partial charge >= 0.3 is 5.97 Å². The number of rotatable bonds is 7. The standard InChI is InChI=1S/C35H37N3O8/c1-18-12-22(21-8-7-9-26(43-5)31(21)44-6)32-30-23(18)16-45-17-28(35(2,3)4)38(30)33(40)27(46-32)15-29(39)36-20-10-11-24-19(13-20)14-25(37-24)34(41)42/h7-14,16,22,27-28,37H,15,17H2,1-6H3,(H,36,39)(H,41,42)/t22-,27+,28-/m0/s1. The molecule has 0 spiro atoms. The Hall–Kier alpha value is -5.19. The van der Waals surface area contributed by atoms with Gasteiger partial charge in [0.15, 0.2) is 17.6 Å². The molecule has 1 aliphatic carbocycles. The number of para-hydroxylation sites is 1. The van der Waals surface area contributed by atoms with E-state index >= 15 is 0 Å². The highest BCUT2D eigenvalue weighted by molar-refractivity contribution is 5.99. The number of allylic oxidation sites excluding steroid dienone is 2. The number of hydrogen-bond donors (Lipinski definition) is 3. The highest BCUT2D eigenvalue weighted by Crippen LogP contribution is 2.50. The highest BCUT2D eigenvalue weighted by atomic mass is 16.5. The average molecular weight is 628 g/mol. The summed E-state index contributed by atoms with van der Waals surface area (Å²) in [5.74, 6) is -0.654. The van der Waals surface area contributed by atoms with Gasteiger partial charge < -0.3 is 34.4 Å². The van der Waals surface area contributed by atoms with Crippen molar-refractivity contribution in [2.24, 2.45) is 5.41 Å². The molecular formula is C35H37N3O8. The summed E-state index contributed by atoms with van der Waals surface area (Å²) in [6.07, 6.45) is 2.36. The van der Waals surface area contributed by atoms with E-state index in [-0.39, 0.29) is 36.1 Å². The summed E-state index contributed by atoms with van der Waals surface area (Å²) in [5.41, 5.74) is 3.84. The minimum atomic E-state index is -1.12. The molecule has 3 aromatic rings. The minimum absolute atomic E-state index is 0.0472. The number of carbonyl (C=O) groups is 3. The number of aromatic amines is 1. The van der Waals surface area contributed by atoms with Crippen LogP contribution in [-0.2, 0) is 19.1 Å². The van der Waals surface area contributed by atoms with Crippen molar-refractivity contribution in [3.05, 3.63) is 88.7 Å². The average Bonchev–Trinajstić information content (AvgIpc) is 3.32. The van der Waals surface area contributed by atoms with Gasteiger partial charge in [-0.3, -0.25) is 14.5 Å². The minimum Gasteiger partial charge on any atom is -0.498 e. The topological polar surface area (TPSA) is 139 Å². The largest absolute Gasteiger partial charge is 0.498 e. The molecule has 1 aromatic heterocycles. The molecule has 3 atom stereocenters. The summed E-state index contributed by atoms with van der Waals surface area (Å²) in [5, 5.41) is 12.8. The van der Waals surface area contributed by atoms with Crippen molar-refractivity contribution in [3.8, 4) is 11.5 Å². The van der Waals surface area contributed by atoms with Gasteiger partial charge in [-0.25, -0.2) is 4.79 Å². The van der Waals surface area contributed by atoms with Crippen LogP contribution < -0.4 is 14.8 Å². The zero-order valence-corrected chi connectivity index (χ0v) is 26.6. The molecule has 0 fully saturated rings. The molecule has 3 N–H and O–H groups in total. The molecule has 0 bridgehead atoms. The van der Waals surface area contributed by atoms with E-state index in [2.05, 4.69) is 31.1 Å². The van der Waals surface area contributed by atoms with E-state index in [1.807, 2.05) is 31.2 Å². The van der Waals surface area contributed by atoms with Gasteiger partial charge in [-0.1, -0.05) is 39.0 Å². The summed E-state index contributed by atoms with van der Waals surface area (Å²) in [6.45, 7) is 8.40. The Bertz CT molecular complexity index is 1840. The molecule has 11 nitrogen and oxygen atoms in total. The number of H-pyrrole nitrogens is 1. The molecule has 0 saturated heterocycles. The number of hydrogen-bond acceptors (Lipinski definition) is 7. The number of nitrogens with zero attached hydrogens (tertiary/aromatic N) is 1. The van der Waals surface area contributed by atoms with Gasteiger partial charge in [-0.2, -0.15) is 0 Å². The molecule has 240 valence electrons. The SMILES string of the molecule is COc1cccc([C@@H]2C=C(C)C3=COC[C@@H](C(C)(C)C)N4C(=O)[C@@H](CC(=O)Nc5ccc6[nH]c(C(=O)O)cc6c5)OC2=C34)c1OC. The zero-order chi connectivity index (χ0) is 32.9. The molecule has 2 aromatic carbocycles. The molecule has 6 rings (SSSR count). The van der Waals surface area contributed by atoms with Crippen molar-refractivity contribution in [2.45, 2.75) is 52.2 Å². The summed E-state index contributed by atoms with van der Waals surface area (Å²) in [4.78, 5) is 43.8. The van der Waals surface area contributed by atoms with E-state index in [9.17, 15) is 19.5 Å². The second-order valence-corrected chi connectivity index (χ2v) is 12.7. The van der Waals surface area contributed by atoms with E-state index in [0.717, 1.165) is 16.7 Å². The van der Waals surface area contributed by atoms with Crippen LogP contribution in [0.3, 0.4) is 0 Å². The molecule has 0 unspecified atom stereocenters. The number of nitrogens with one attached hydrogen (secondary N) is 2. The lowest BCUT2D eigenvalue weighted by atomic mass is 9.80. The third kappa shape index (κ3) is 5.35. The first kappa shape index (κ1) is 30.8. The van der Waals surface area contributed by atoms with Crippen molar-refractivity contribution in [2.75, 3.05) is 26.1 Å². The fourth-order valence-corrected chi connectivity index (χ4v) is 6.34. The number of amides is 2. The normalized spacial score (nSPS) is 21.0. The molecule has 46 heavy (non-hydrogen) atoms. The van der Waals surface area contributed by atoms with Crippen LogP contribution in [0.15, 0.2) is 77.4 Å². The first-order chi connectivity index (χ1) is 21.9. The quantitative estimate of drug-likeness (QED) is 0.302. The number of aromatic carboxylic acids is 1. The second-order valence-electron chi connectivity index (χ2n) is 12.7. The van der Waals surface area contributed by atoms with Gasteiger partial charge in [-0.05, 0) is 48.2 Å². The number of carboxylic acids is 1. The number of carboxylic acid groups (broad SMARTS) is 1. The molecule has 11 heteroatoms. The van der Waals surface area contributed by atoms with E-state index < -0.39 is 23.9 Å². The second kappa shape index (κ2) is 11.6. The summed E-state index contributed by atoms with van der Waals surface area (Å²) < 4.78 is 24.0. The van der Waals surface area contributed by atoms with E-state index in [1.165, 1.54) is 6.07 Å². The number of fused-ring (bicyclic) bond motifs is 1. The predicted octanol–water partition coefficient (Wildman–Crippen LogP) is 5.72. The first-order valence-electron chi connectivity index (χ1n) is 15.0. The number of anilines is 1. The van der Waals surface area contributed by atoms with Crippen LogP contribution in [-0.4, -0.2) is 65.7 Å². The van der Waals surface area contributed by atoms with Crippen molar-refractivity contribution in [3.63, 3.8) is 0 Å². The third-order valence-corrected chi connectivity index (χ3v) is 8.68. The van der Waals surface area contributed by atoms with Gasteiger partial charge in [0.2, 0.25) is 5.91 Å². The smallest absolute Gasteiger partial charge is 0.352 e. The molecular weight excluding hydrogens is 590 g/mol. The lowest BCUT2D eigenvalue weighted by Gasteiger charge is -2.46. The maximum atomic E-state index is 14.4. The Morgan fingerprint density at radius 2 is 1.91 bits per heavy atom. The van der Waals surface area contributed by atoms with Gasteiger partial charge in [0.1, 0.15) is 18.1 Å². The Labute approximate surface area is 266 Å². The third-order valence-electron chi connectivity index (χ3n) is 8.68. The van der Waals surface area contributed by atoms with E-state index in [0.29, 0.717) is 39.5 Å². The van der Waals surface area contributed by atoms with Crippen molar-refractivity contribution >= 4 is 34.4 Å². The van der Waals surface area contributed by atoms with Crippen LogP contribution in [0.5, 0.6) is 11.5 Å². The van der Waals surface area contributed by atoms with Gasteiger partial charge in [0.25, 0.3) is 5.91 Å². The predicted molar refractivity (Wildman–Crippen MR) is 171 cm³/mol. The van der Waals surface area contributed by atoms with Crippen molar-refractivity contribution < 1.29 is 38.4 Å². The van der Waals surface area contributed by atoms with Crippen LogP contribution >= 0.6 is 0 Å². The summed E-state index contributed by atoms with van der Waals surface area (Å²) in [6, 6.07) is 11.8. The Balaban J connectivity index is 1.39. The lowest BCUT2D eigenvalue weighted by molar-refractivity contribution is -0.150. The van der Waals surface area contributed by atoms with Gasteiger partial charge in [0, 0.05) is 27.7 Å². The van der Waals surface area contributed by atoms with Crippen molar-refractivity contribution in [1.82, 2.24) is 9.88 Å². The molecule has 0 saturated carbocycles. The maximum absolute atomic E-state index is 14.4. The maximum Gasteiger partial charge on any atom is 0.352 e. The van der Waals surface area contributed by atoms with E-state index in [4.69, 9.17) is 18.9 Å². The number of methoxy groups -OCH3 is 2.